The van der Waals surface area contributed by atoms with Gasteiger partial charge in [0.05, 0.1) is 22.2 Å². The molecular weight excluding hydrogens is 334 g/mol. The third-order valence-electron chi connectivity index (χ3n) is 2.17. The highest BCUT2D eigenvalue weighted by atomic mass is 32.2. The summed E-state index contributed by atoms with van der Waals surface area (Å²) in [5.74, 6) is -0.107. The van der Waals surface area contributed by atoms with Crippen molar-refractivity contribution < 1.29 is 14.5 Å². The Kier molecular flexibility index (Phi) is 5.65. The van der Waals surface area contributed by atoms with Crippen LogP contribution in [0.15, 0.2) is 16.5 Å². The lowest BCUT2D eigenvalue weighted by Gasteiger charge is -2.00. The first kappa shape index (κ1) is 15.9. The third kappa shape index (κ3) is 4.48. The molecule has 0 spiro atoms. The Morgan fingerprint density at radius 2 is 2.24 bits per heavy atom. The van der Waals surface area contributed by atoms with Gasteiger partial charge in [0, 0.05) is 6.07 Å². The van der Waals surface area contributed by atoms with Gasteiger partial charge in [0.15, 0.2) is 9.35 Å². The number of hydrogen-bond donors (Lipinski definition) is 0. The first-order valence-corrected chi connectivity index (χ1v) is 8.58. The SMILES string of the molecule is CCCOC(=O)CSc1nnc(-c2ccc([N+](=O)[O-])s2)s1. The van der Waals surface area contributed by atoms with Gasteiger partial charge in [-0.15, -0.1) is 10.2 Å². The monoisotopic (exact) mass is 345 g/mol. The standard InChI is InChI=1S/C11H11N3O4S3/c1-2-5-18-9(15)6-19-11-13-12-10(21-11)7-3-4-8(20-7)14(16)17/h3-4H,2,5-6H2,1H3. The molecule has 0 aromatic carbocycles. The van der Waals surface area contributed by atoms with E-state index in [-0.39, 0.29) is 16.7 Å². The third-order valence-corrected chi connectivity index (χ3v) is 5.41. The molecule has 0 fully saturated rings. The van der Waals surface area contributed by atoms with Gasteiger partial charge >= 0.3 is 11.0 Å². The van der Waals surface area contributed by atoms with E-state index in [1.807, 2.05) is 6.92 Å². The van der Waals surface area contributed by atoms with Crippen LogP contribution in [0.3, 0.4) is 0 Å². The molecule has 7 nitrogen and oxygen atoms in total. The lowest BCUT2D eigenvalue weighted by Crippen LogP contribution is -2.07. The van der Waals surface area contributed by atoms with Crippen molar-refractivity contribution in [3.05, 3.63) is 22.2 Å². The highest BCUT2D eigenvalue weighted by molar-refractivity contribution is 8.01. The van der Waals surface area contributed by atoms with Crippen molar-refractivity contribution >= 4 is 45.4 Å². The van der Waals surface area contributed by atoms with Crippen LogP contribution in [0.5, 0.6) is 0 Å². The van der Waals surface area contributed by atoms with Crippen LogP contribution in [-0.2, 0) is 9.53 Å². The van der Waals surface area contributed by atoms with Crippen molar-refractivity contribution in [1.82, 2.24) is 10.2 Å². The molecule has 2 rings (SSSR count). The molecule has 2 heterocycles. The molecule has 0 bridgehead atoms. The molecule has 0 radical (unpaired) electrons. The van der Waals surface area contributed by atoms with Gasteiger partial charge in [-0.25, -0.2) is 0 Å². The number of thiophene rings is 1. The second-order valence-electron chi connectivity index (χ2n) is 3.78. The Hall–Kier alpha value is -1.52. The number of nitro groups is 1. The fraction of sp³-hybridized carbons (Fsp3) is 0.364. The fourth-order valence-corrected chi connectivity index (χ4v) is 3.81. The number of carbonyl (C=O) groups excluding carboxylic acids is 1. The molecule has 2 aromatic rings. The fourth-order valence-electron chi connectivity index (χ4n) is 1.29. The van der Waals surface area contributed by atoms with E-state index in [0.717, 1.165) is 17.8 Å². The Morgan fingerprint density at radius 3 is 2.90 bits per heavy atom. The van der Waals surface area contributed by atoms with Gasteiger partial charge in [-0.3, -0.25) is 14.9 Å². The van der Waals surface area contributed by atoms with Crippen molar-refractivity contribution in [3.63, 3.8) is 0 Å². The molecule has 0 saturated carbocycles. The van der Waals surface area contributed by atoms with Crippen molar-refractivity contribution in [2.45, 2.75) is 17.7 Å². The van der Waals surface area contributed by atoms with Crippen LogP contribution in [0, 0.1) is 10.1 Å². The summed E-state index contributed by atoms with van der Waals surface area (Å²) in [7, 11) is 0. The average Bonchev–Trinajstić information content (AvgIpc) is 3.11. The van der Waals surface area contributed by atoms with Crippen LogP contribution < -0.4 is 0 Å². The predicted octanol–water partition coefficient (Wildman–Crippen LogP) is 3.22. The normalized spacial score (nSPS) is 10.5. The Balaban J connectivity index is 1.94. The highest BCUT2D eigenvalue weighted by Crippen LogP contribution is 2.36. The quantitative estimate of drug-likeness (QED) is 0.329. The molecule has 0 aliphatic rings. The highest BCUT2D eigenvalue weighted by Gasteiger charge is 2.15. The maximum absolute atomic E-state index is 11.4. The molecular formula is C11H11N3O4S3. The summed E-state index contributed by atoms with van der Waals surface area (Å²) < 4.78 is 5.59. The zero-order chi connectivity index (χ0) is 15.2. The minimum absolute atomic E-state index is 0.0672. The number of rotatable bonds is 7. The molecule has 21 heavy (non-hydrogen) atoms. The molecule has 2 aromatic heterocycles. The van der Waals surface area contributed by atoms with E-state index in [0.29, 0.717) is 20.8 Å². The van der Waals surface area contributed by atoms with Gasteiger partial charge in [-0.05, 0) is 12.5 Å². The summed E-state index contributed by atoms with van der Waals surface area (Å²) in [5.41, 5.74) is 0. The summed E-state index contributed by atoms with van der Waals surface area (Å²) in [4.78, 5) is 22.3. The molecule has 0 unspecified atom stereocenters. The Morgan fingerprint density at radius 1 is 1.43 bits per heavy atom. The maximum atomic E-state index is 11.4. The molecule has 0 saturated heterocycles. The van der Waals surface area contributed by atoms with Crippen LogP contribution >= 0.6 is 34.4 Å². The lowest BCUT2D eigenvalue weighted by molar-refractivity contribution is -0.380. The van der Waals surface area contributed by atoms with E-state index in [9.17, 15) is 14.9 Å². The number of aromatic nitrogens is 2. The lowest BCUT2D eigenvalue weighted by atomic mass is 10.5. The summed E-state index contributed by atoms with van der Waals surface area (Å²) in [6.45, 7) is 2.34. The second-order valence-corrected chi connectivity index (χ2v) is 7.04. The van der Waals surface area contributed by atoms with Crippen LogP contribution in [0.1, 0.15) is 13.3 Å². The topological polar surface area (TPSA) is 95.2 Å². The molecule has 10 heteroatoms. The first-order valence-electron chi connectivity index (χ1n) is 5.96. The summed E-state index contributed by atoms with van der Waals surface area (Å²) in [6, 6.07) is 3.09. The van der Waals surface area contributed by atoms with Gasteiger partial charge < -0.3 is 4.74 Å². The number of esters is 1. The summed E-state index contributed by atoms with van der Waals surface area (Å²) in [6.07, 6.45) is 0.788. The van der Waals surface area contributed by atoms with Gasteiger partial charge in [-0.1, -0.05) is 41.4 Å². The van der Waals surface area contributed by atoms with E-state index in [1.54, 1.807) is 6.07 Å². The largest absolute Gasteiger partial charge is 0.465 e. The van der Waals surface area contributed by atoms with Crippen LogP contribution in [0.2, 0.25) is 0 Å². The van der Waals surface area contributed by atoms with Gasteiger partial charge in [-0.2, -0.15) is 0 Å². The minimum atomic E-state index is -0.436. The van der Waals surface area contributed by atoms with E-state index in [4.69, 9.17) is 4.74 Å². The molecule has 112 valence electrons. The summed E-state index contributed by atoms with van der Waals surface area (Å²) in [5, 5.41) is 19.3. The molecule has 0 aliphatic heterocycles. The molecule has 0 N–H and O–H groups in total. The minimum Gasteiger partial charge on any atom is -0.465 e. The zero-order valence-electron chi connectivity index (χ0n) is 11.0. The van der Waals surface area contributed by atoms with E-state index < -0.39 is 4.92 Å². The predicted molar refractivity (Wildman–Crippen MR) is 81.9 cm³/mol. The molecule has 0 aliphatic carbocycles. The number of thioether (sulfide) groups is 1. The van der Waals surface area contributed by atoms with Gasteiger partial charge in [0.25, 0.3) is 0 Å². The number of nitrogens with zero attached hydrogens (tertiary/aromatic N) is 3. The number of carbonyl (C=O) groups is 1. The van der Waals surface area contributed by atoms with Crippen LogP contribution in [0.4, 0.5) is 5.00 Å². The van der Waals surface area contributed by atoms with Crippen molar-refractivity contribution in [2.75, 3.05) is 12.4 Å². The van der Waals surface area contributed by atoms with Gasteiger partial charge in [0.1, 0.15) is 0 Å². The number of hydrogen-bond acceptors (Lipinski definition) is 9. The molecule has 0 amide bonds. The number of ether oxygens (including phenoxy) is 1. The van der Waals surface area contributed by atoms with Crippen molar-refractivity contribution in [3.8, 4) is 9.88 Å². The molecule has 0 atom stereocenters. The summed E-state index contributed by atoms with van der Waals surface area (Å²) >= 11 is 3.60. The van der Waals surface area contributed by atoms with Gasteiger partial charge in [0.2, 0.25) is 0 Å². The Labute approximate surface area is 132 Å². The average molecular weight is 345 g/mol. The second kappa shape index (κ2) is 7.48. The van der Waals surface area contributed by atoms with Crippen LogP contribution in [0.25, 0.3) is 9.88 Å². The van der Waals surface area contributed by atoms with Crippen molar-refractivity contribution in [2.24, 2.45) is 0 Å². The maximum Gasteiger partial charge on any atom is 0.324 e. The van der Waals surface area contributed by atoms with Crippen molar-refractivity contribution in [1.29, 1.82) is 0 Å². The van der Waals surface area contributed by atoms with E-state index in [2.05, 4.69) is 10.2 Å². The van der Waals surface area contributed by atoms with E-state index in [1.165, 1.54) is 29.2 Å². The smallest absolute Gasteiger partial charge is 0.324 e. The van der Waals surface area contributed by atoms with E-state index >= 15 is 0 Å². The first-order chi connectivity index (χ1) is 10.1. The Bertz CT molecular complexity index is 640. The van der Waals surface area contributed by atoms with Crippen LogP contribution in [-0.4, -0.2) is 33.4 Å². The zero-order valence-corrected chi connectivity index (χ0v) is 13.4.